The second-order valence-corrected chi connectivity index (χ2v) is 7.78. The molecule has 0 bridgehead atoms. The topological polar surface area (TPSA) is 95.5 Å². The number of urea groups is 1. The van der Waals surface area contributed by atoms with Crippen LogP contribution in [-0.4, -0.2) is 43.6 Å². The van der Waals surface area contributed by atoms with E-state index in [2.05, 4.69) is 10.6 Å². The summed E-state index contributed by atoms with van der Waals surface area (Å²) in [6.07, 6.45) is -5.87. The van der Waals surface area contributed by atoms with Crippen molar-refractivity contribution in [2.75, 3.05) is 18.1 Å². The molecule has 1 saturated heterocycles. The molecule has 1 aliphatic rings. The van der Waals surface area contributed by atoms with E-state index in [1.54, 1.807) is 0 Å². The van der Waals surface area contributed by atoms with Gasteiger partial charge in [-0.15, -0.1) is 0 Å². The van der Waals surface area contributed by atoms with Crippen LogP contribution in [0.2, 0.25) is 0 Å². The zero-order valence-electron chi connectivity index (χ0n) is 12.5. The molecule has 0 saturated carbocycles. The predicted molar refractivity (Wildman–Crippen MR) is 80.0 cm³/mol. The highest BCUT2D eigenvalue weighted by molar-refractivity contribution is 7.91. The lowest BCUT2D eigenvalue weighted by Crippen LogP contribution is -2.44. The van der Waals surface area contributed by atoms with Crippen LogP contribution in [0, 0.1) is 0 Å². The first kappa shape index (κ1) is 18.5. The fourth-order valence-electron chi connectivity index (χ4n) is 2.49. The molecule has 1 aromatic rings. The van der Waals surface area contributed by atoms with Crippen LogP contribution in [0.3, 0.4) is 0 Å². The Morgan fingerprint density at radius 1 is 1.33 bits per heavy atom. The summed E-state index contributed by atoms with van der Waals surface area (Å²) in [7, 11) is -3.15. The van der Waals surface area contributed by atoms with Gasteiger partial charge in [0, 0.05) is 12.6 Å². The van der Waals surface area contributed by atoms with Gasteiger partial charge in [0.25, 0.3) is 0 Å². The van der Waals surface area contributed by atoms with Gasteiger partial charge in [-0.3, -0.25) is 0 Å². The van der Waals surface area contributed by atoms with Gasteiger partial charge < -0.3 is 15.7 Å². The standard InChI is InChI=1S/C14H17F3N2O4S/c15-14(16,17)11-4-2-1-3-10(11)12(20)7-18-13(21)19-9-5-6-24(22,23)8-9/h1-4,9,12,20H,5-8H2,(H2,18,19,21)/t9-,12+/m0/s1. The number of benzene rings is 1. The lowest BCUT2D eigenvalue weighted by molar-refractivity contribution is -0.139. The maximum absolute atomic E-state index is 12.9. The molecule has 1 fully saturated rings. The van der Waals surface area contributed by atoms with Crippen LogP contribution in [0.4, 0.5) is 18.0 Å². The Balaban J connectivity index is 1.92. The third-order valence-electron chi connectivity index (χ3n) is 3.65. The van der Waals surface area contributed by atoms with Gasteiger partial charge in [-0.25, -0.2) is 13.2 Å². The Morgan fingerprint density at radius 2 is 2.00 bits per heavy atom. The number of nitrogens with one attached hydrogen (secondary N) is 2. The van der Waals surface area contributed by atoms with Crippen LogP contribution >= 0.6 is 0 Å². The Hall–Kier alpha value is -1.81. The van der Waals surface area contributed by atoms with Crippen molar-refractivity contribution in [1.82, 2.24) is 10.6 Å². The zero-order valence-corrected chi connectivity index (χ0v) is 13.3. The number of aliphatic hydroxyl groups excluding tert-OH is 1. The maximum atomic E-state index is 12.9. The van der Waals surface area contributed by atoms with Crippen molar-refractivity contribution in [2.24, 2.45) is 0 Å². The molecule has 1 heterocycles. The van der Waals surface area contributed by atoms with Crippen LogP contribution in [-0.2, 0) is 16.0 Å². The Kier molecular flexibility index (Phi) is 5.38. The summed E-state index contributed by atoms with van der Waals surface area (Å²) in [6, 6.07) is 3.28. The van der Waals surface area contributed by atoms with Gasteiger partial charge in [-0.05, 0) is 18.1 Å². The Morgan fingerprint density at radius 3 is 2.58 bits per heavy atom. The lowest BCUT2D eigenvalue weighted by atomic mass is 10.0. The number of halogens is 3. The summed E-state index contributed by atoms with van der Waals surface area (Å²) < 4.78 is 61.2. The first-order chi connectivity index (χ1) is 11.1. The van der Waals surface area contributed by atoms with E-state index in [0.29, 0.717) is 0 Å². The van der Waals surface area contributed by atoms with E-state index in [9.17, 15) is 31.5 Å². The van der Waals surface area contributed by atoms with Gasteiger partial charge in [0.2, 0.25) is 0 Å². The number of carbonyl (C=O) groups is 1. The number of sulfone groups is 1. The number of carbonyl (C=O) groups excluding carboxylic acids is 1. The molecule has 134 valence electrons. The third-order valence-corrected chi connectivity index (χ3v) is 5.42. The van der Waals surface area contributed by atoms with E-state index >= 15 is 0 Å². The number of alkyl halides is 3. The highest BCUT2D eigenvalue weighted by atomic mass is 32.2. The molecule has 6 nitrogen and oxygen atoms in total. The second-order valence-electron chi connectivity index (χ2n) is 5.56. The van der Waals surface area contributed by atoms with Crippen LogP contribution in [0.1, 0.15) is 23.7 Å². The largest absolute Gasteiger partial charge is 0.416 e. The summed E-state index contributed by atoms with van der Waals surface area (Å²) >= 11 is 0. The lowest BCUT2D eigenvalue weighted by Gasteiger charge is -2.18. The molecule has 1 aromatic carbocycles. The van der Waals surface area contributed by atoms with Crippen molar-refractivity contribution < 1.29 is 31.5 Å². The molecule has 2 atom stereocenters. The van der Waals surface area contributed by atoms with Crippen molar-refractivity contribution in [3.8, 4) is 0 Å². The molecule has 24 heavy (non-hydrogen) atoms. The molecular weight excluding hydrogens is 349 g/mol. The monoisotopic (exact) mass is 366 g/mol. The highest BCUT2D eigenvalue weighted by Gasteiger charge is 2.34. The van der Waals surface area contributed by atoms with E-state index in [1.165, 1.54) is 12.1 Å². The zero-order chi connectivity index (χ0) is 18.0. The summed E-state index contributed by atoms with van der Waals surface area (Å²) in [6.45, 7) is -0.432. The van der Waals surface area contributed by atoms with Gasteiger partial charge in [-0.1, -0.05) is 18.2 Å². The second kappa shape index (κ2) is 6.98. The number of amides is 2. The average Bonchev–Trinajstić information content (AvgIpc) is 2.82. The van der Waals surface area contributed by atoms with E-state index in [4.69, 9.17) is 0 Å². The van der Waals surface area contributed by atoms with Gasteiger partial charge in [0.05, 0.1) is 23.2 Å². The minimum Gasteiger partial charge on any atom is -0.387 e. The summed E-state index contributed by atoms with van der Waals surface area (Å²) in [5.41, 5.74) is -1.31. The van der Waals surface area contributed by atoms with Gasteiger partial charge in [0.1, 0.15) is 0 Å². The SMILES string of the molecule is O=C(NC[C@@H](O)c1ccccc1C(F)(F)F)N[C@H]1CCS(=O)(=O)C1. The quantitative estimate of drug-likeness (QED) is 0.747. The number of aliphatic hydroxyl groups is 1. The van der Waals surface area contributed by atoms with E-state index < -0.39 is 46.3 Å². The minimum absolute atomic E-state index is 0.0144. The predicted octanol–water partition coefficient (Wildman–Crippen LogP) is 1.23. The van der Waals surface area contributed by atoms with E-state index in [-0.39, 0.29) is 23.5 Å². The van der Waals surface area contributed by atoms with Crippen LogP contribution in [0.25, 0.3) is 0 Å². The molecule has 0 radical (unpaired) electrons. The molecule has 0 aliphatic carbocycles. The first-order valence-electron chi connectivity index (χ1n) is 7.17. The van der Waals surface area contributed by atoms with Gasteiger partial charge in [0.15, 0.2) is 9.84 Å². The fourth-order valence-corrected chi connectivity index (χ4v) is 4.16. The fraction of sp³-hybridized carbons (Fsp3) is 0.500. The molecule has 3 N–H and O–H groups in total. The number of hydrogen-bond acceptors (Lipinski definition) is 4. The molecule has 10 heteroatoms. The van der Waals surface area contributed by atoms with Crippen molar-refractivity contribution in [3.05, 3.63) is 35.4 Å². The van der Waals surface area contributed by atoms with Gasteiger partial charge >= 0.3 is 12.2 Å². The smallest absolute Gasteiger partial charge is 0.387 e. The molecule has 0 unspecified atom stereocenters. The molecule has 2 rings (SSSR count). The molecule has 0 spiro atoms. The van der Waals surface area contributed by atoms with Gasteiger partial charge in [-0.2, -0.15) is 13.2 Å². The summed E-state index contributed by atoms with van der Waals surface area (Å²) in [5.74, 6) is -0.181. The van der Waals surface area contributed by atoms with E-state index in [0.717, 1.165) is 12.1 Å². The van der Waals surface area contributed by atoms with Crippen molar-refractivity contribution in [3.63, 3.8) is 0 Å². The van der Waals surface area contributed by atoms with Crippen LogP contribution in [0.15, 0.2) is 24.3 Å². The summed E-state index contributed by atoms with van der Waals surface area (Å²) in [4.78, 5) is 11.7. The summed E-state index contributed by atoms with van der Waals surface area (Å²) in [5, 5.41) is 14.6. The average molecular weight is 366 g/mol. The highest BCUT2D eigenvalue weighted by Crippen LogP contribution is 2.34. The molecular formula is C14H17F3N2O4S. The molecule has 2 amide bonds. The van der Waals surface area contributed by atoms with Crippen LogP contribution in [0.5, 0.6) is 0 Å². The van der Waals surface area contributed by atoms with Crippen molar-refractivity contribution in [1.29, 1.82) is 0 Å². The molecule has 0 aromatic heterocycles. The van der Waals surface area contributed by atoms with E-state index in [1.807, 2.05) is 0 Å². The minimum atomic E-state index is -4.61. The molecule has 1 aliphatic heterocycles. The first-order valence-corrected chi connectivity index (χ1v) is 8.99. The Bertz CT molecular complexity index is 706. The Labute approximate surface area is 137 Å². The van der Waals surface area contributed by atoms with Crippen molar-refractivity contribution >= 4 is 15.9 Å². The normalized spacial score (nSPS) is 21.2. The third kappa shape index (κ3) is 4.84. The van der Waals surface area contributed by atoms with Crippen molar-refractivity contribution in [2.45, 2.75) is 24.7 Å². The maximum Gasteiger partial charge on any atom is 0.416 e. The number of hydrogen-bond donors (Lipinski definition) is 3. The van der Waals surface area contributed by atoms with Crippen LogP contribution < -0.4 is 10.6 Å². The number of rotatable bonds is 4.